The van der Waals surface area contributed by atoms with Crippen molar-refractivity contribution in [3.05, 3.63) is 47.8 Å². The highest BCUT2D eigenvalue weighted by Crippen LogP contribution is 2.20. The molecule has 0 N–H and O–H groups in total. The Hall–Kier alpha value is -1.70. The lowest BCUT2D eigenvalue weighted by Crippen LogP contribution is -2.30. The number of benzene rings is 1. The number of hydrogen-bond acceptors (Lipinski definition) is 4. The van der Waals surface area contributed by atoms with Crippen LogP contribution in [0.25, 0.3) is 0 Å². The van der Waals surface area contributed by atoms with Gasteiger partial charge in [-0.3, -0.25) is 4.79 Å². The van der Waals surface area contributed by atoms with Crippen LogP contribution in [0.1, 0.15) is 12.8 Å². The molecule has 0 spiro atoms. The van der Waals surface area contributed by atoms with Crippen molar-refractivity contribution in [2.24, 2.45) is 0 Å². The van der Waals surface area contributed by atoms with Gasteiger partial charge in [0.05, 0.1) is 0 Å². The van der Waals surface area contributed by atoms with E-state index in [1.54, 1.807) is 36.5 Å². The summed E-state index contributed by atoms with van der Waals surface area (Å²) in [6, 6.07) is 12.7. The molecule has 23 heavy (non-hydrogen) atoms. The lowest BCUT2D eigenvalue weighted by atomic mass is 10.2. The van der Waals surface area contributed by atoms with Crippen molar-refractivity contribution in [3.8, 4) is 0 Å². The van der Waals surface area contributed by atoms with E-state index in [0.29, 0.717) is 23.6 Å². The third kappa shape index (κ3) is 4.40. The molecule has 1 aromatic carbocycles. The van der Waals surface area contributed by atoms with Gasteiger partial charge in [-0.1, -0.05) is 24.3 Å². The Morgan fingerprint density at radius 3 is 2.39 bits per heavy atom. The lowest BCUT2D eigenvalue weighted by molar-refractivity contribution is -0.118. The molecule has 5 nitrogen and oxygen atoms in total. The number of carbonyl (C=O) groups is 1. The molecular formula is C16H20N2O3S2. The zero-order chi connectivity index (χ0) is 16.9. The van der Waals surface area contributed by atoms with Gasteiger partial charge in [-0.15, -0.1) is 11.3 Å². The average molecular weight is 352 g/mol. The van der Waals surface area contributed by atoms with Gasteiger partial charge in [0.1, 0.15) is 4.21 Å². The Kier molecular flexibility index (Phi) is 5.92. The van der Waals surface area contributed by atoms with Gasteiger partial charge in [-0.2, -0.15) is 0 Å². The van der Waals surface area contributed by atoms with E-state index < -0.39 is 10.0 Å². The Morgan fingerprint density at radius 2 is 1.78 bits per heavy atom. The predicted molar refractivity (Wildman–Crippen MR) is 93.2 cm³/mol. The van der Waals surface area contributed by atoms with Crippen LogP contribution in [0.15, 0.2) is 52.1 Å². The minimum absolute atomic E-state index is 0.0295. The fraction of sp³-hybridized carbons (Fsp3) is 0.312. The molecule has 124 valence electrons. The summed E-state index contributed by atoms with van der Waals surface area (Å²) in [5.74, 6) is -0.0295. The maximum absolute atomic E-state index is 12.3. The third-order valence-corrected chi connectivity index (χ3v) is 6.77. The summed E-state index contributed by atoms with van der Waals surface area (Å²) >= 11 is 1.20. The van der Waals surface area contributed by atoms with E-state index in [1.807, 2.05) is 30.3 Å². The molecule has 1 aromatic heterocycles. The lowest BCUT2D eigenvalue weighted by Gasteiger charge is -2.19. The number of nitrogens with zero attached hydrogens (tertiary/aromatic N) is 2. The standard InChI is InChI=1S/C16H20N2O3S2/c1-17(23(20,21)16-11-7-13-22-16)12-6-10-15(19)18(2)14-8-4-3-5-9-14/h3-5,7-9,11,13H,6,10,12H2,1-2H3. The summed E-state index contributed by atoms with van der Waals surface area (Å²) in [5.41, 5.74) is 0.831. The monoisotopic (exact) mass is 352 g/mol. The average Bonchev–Trinajstić information content (AvgIpc) is 3.10. The van der Waals surface area contributed by atoms with Gasteiger partial charge in [-0.25, -0.2) is 12.7 Å². The summed E-state index contributed by atoms with van der Waals surface area (Å²) in [6.45, 7) is 0.314. The van der Waals surface area contributed by atoms with Crippen molar-refractivity contribution < 1.29 is 13.2 Å². The molecular weight excluding hydrogens is 332 g/mol. The number of anilines is 1. The Labute approximate surface area is 141 Å². The maximum atomic E-state index is 12.3. The molecule has 0 unspecified atom stereocenters. The molecule has 1 heterocycles. The van der Waals surface area contributed by atoms with Crippen molar-refractivity contribution in [1.82, 2.24) is 4.31 Å². The molecule has 0 fully saturated rings. The van der Waals surface area contributed by atoms with Crippen molar-refractivity contribution in [2.45, 2.75) is 17.1 Å². The molecule has 0 aliphatic carbocycles. The van der Waals surface area contributed by atoms with Gasteiger partial charge in [-0.05, 0) is 30.0 Å². The van der Waals surface area contributed by atoms with Gasteiger partial charge in [0.15, 0.2) is 0 Å². The first-order valence-corrected chi connectivity index (χ1v) is 9.56. The number of amides is 1. The van der Waals surface area contributed by atoms with Crippen molar-refractivity contribution in [2.75, 3.05) is 25.5 Å². The van der Waals surface area contributed by atoms with Gasteiger partial charge in [0.25, 0.3) is 10.0 Å². The quantitative estimate of drug-likeness (QED) is 0.770. The largest absolute Gasteiger partial charge is 0.316 e. The highest BCUT2D eigenvalue weighted by Gasteiger charge is 2.21. The van der Waals surface area contributed by atoms with Crippen LogP contribution in [-0.4, -0.2) is 39.3 Å². The van der Waals surface area contributed by atoms with Gasteiger partial charge >= 0.3 is 0 Å². The van der Waals surface area contributed by atoms with Crippen molar-refractivity contribution in [1.29, 1.82) is 0 Å². The molecule has 2 rings (SSSR count). The number of thiophene rings is 1. The van der Waals surface area contributed by atoms with E-state index >= 15 is 0 Å². The summed E-state index contributed by atoms with van der Waals surface area (Å²) in [4.78, 5) is 13.8. The molecule has 7 heteroatoms. The summed E-state index contributed by atoms with van der Waals surface area (Å²) in [7, 11) is -0.171. The normalized spacial score (nSPS) is 11.6. The van der Waals surface area contributed by atoms with Gasteiger partial charge < -0.3 is 4.90 Å². The van der Waals surface area contributed by atoms with E-state index in [0.717, 1.165) is 5.69 Å². The Balaban J connectivity index is 1.86. The van der Waals surface area contributed by atoms with Crippen LogP contribution < -0.4 is 4.90 Å². The number of sulfonamides is 1. The van der Waals surface area contributed by atoms with E-state index in [2.05, 4.69) is 0 Å². The Bertz CT molecular complexity index is 728. The topological polar surface area (TPSA) is 57.7 Å². The molecule has 1 amide bonds. The number of carbonyl (C=O) groups excluding carboxylic acids is 1. The zero-order valence-corrected chi connectivity index (χ0v) is 14.8. The number of rotatable bonds is 7. The van der Waals surface area contributed by atoms with E-state index in [-0.39, 0.29) is 5.91 Å². The Morgan fingerprint density at radius 1 is 1.09 bits per heavy atom. The minimum Gasteiger partial charge on any atom is -0.316 e. The molecule has 0 saturated carbocycles. The van der Waals surface area contributed by atoms with E-state index in [9.17, 15) is 13.2 Å². The smallest absolute Gasteiger partial charge is 0.252 e. The number of hydrogen-bond donors (Lipinski definition) is 0. The van der Waals surface area contributed by atoms with Crippen LogP contribution >= 0.6 is 11.3 Å². The van der Waals surface area contributed by atoms with Crippen molar-refractivity contribution >= 4 is 33.0 Å². The fourth-order valence-electron chi connectivity index (χ4n) is 2.10. The van der Waals surface area contributed by atoms with Gasteiger partial charge in [0.2, 0.25) is 5.91 Å². The van der Waals surface area contributed by atoms with Crippen LogP contribution in [0, 0.1) is 0 Å². The van der Waals surface area contributed by atoms with Crippen LogP contribution in [0.2, 0.25) is 0 Å². The third-order valence-electron chi connectivity index (χ3n) is 3.54. The molecule has 0 saturated heterocycles. The maximum Gasteiger partial charge on any atom is 0.252 e. The highest BCUT2D eigenvalue weighted by atomic mass is 32.2. The summed E-state index contributed by atoms with van der Waals surface area (Å²) in [6.07, 6.45) is 0.785. The second kappa shape index (κ2) is 7.72. The fourth-order valence-corrected chi connectivity index (χ4v) is 4.51. The van der Waals surface area contributed by atoms with Crippen molar-refractivity contribution in [3.63, 3.8) is 0 Å². The summed E-state index contributed by atoms with van der Waals surface area (Å²) < 4.78 is 26.2. The first kappa shape index (κ1) is 17.7. The molecule has 2 aromatic rings. The van der Waals surface area contributed by atoms with Crippen LogP contribution in [-0.2, 0) is 14.8 Å². The molecule has 0 atom stereocenters. The summed E-state index contributed by atoms with van der Waals surface area (Å²) in [5, 5.41) is 1.74. The second-order valence-corrected chi connectivity index (χ2v) is 8.37. The molecule has 0 aliphatic heterocycles. The molecule has 0 aliphatic rings. The highest BCUT2D eigenvalue weighted by molar-refractivity contribution is 7.91. The SMILES string of the molecule is CN(C(=O)CCCN(C)S(=O)(=O)c1cccs1)c1ccccc1. The first-order chi connectivity index (χ1) is 10.9. The van der Waals surface area contributed by atoms with Crippen LogP contribution in [0.3, 0.4) is 0 Å². The second-order valence-electron chi connectivity index (χ2n) is 5.15. The van der Waals surface area contributed by atoms with E-state index in [1.165, 1.54) is 15.6 Å². The van der Waals surface area contributed by atoms with E-state index in [4.69, 9.17) is 0 Å². The molecule has 0 bridgehead atoms. The van der Waals surface area contributed by atoms with Crippen LogP contribution in [0.4, 0.5) is 5.69 Å². The van der Waals surface area contributed by atoms with Crippen LogP contribution in [0.5, 0.6) is 0 Å². The predicted octanol–water partition coefficient (Wildman–Crippen LogP) is 2.81. The first-order valence-electron chi connectivity index (χ1n) is 7.24. The van der Waals surface area contributed by atoms with Gasteiger partial charge in [0, 0.05) is 32.7 Å². The number of para-hydroxylation sites is 1. The molecule has 0 radical (unpaired) electrons. The zero-order valence-electron chi connectivity index (χ0n) is 13.2. The minimum atomic E-state index is -3.44.